The van der Waals surface area contributed by atoms with Crippen LogP contribution in [0.4, 0.5) is 10.3 Å². The second-order valence-corrected chi connectivity index (χ2v) is 3.39. The Morgan fingerprint density at radius 2 is 2.24 bits per heavy atom. The number of nitrogens with zero attached hydrogens (tertiary/aromatic N) is 2. The highest BCUT2D eigenvalue weighted by Gasteiger charge is 2.09. The van der Waals surface area contributed by atoms with Gasteiger partial charge in [-0.25, -0.2) is 14.4 Å². The molecule has 0 aliphatic carbocycles. The summed E-state index contributed by atoms with van der Waals surface area (Å²) in [7, 11) is 0. The Kier molecular flexibility index (Phi) is 3.18. The molecule has 1 aromatic heterocycles. The topological polar surface area (TPSA) is 61.0 Å². The number of anilines is 1. The molecule has 0 saturated carbocycles. The Hall–Kier alpha value is -2.17. The quantitative estimate of drug-likeness (QED) is 0.883. The molecule has 2 aromatic rings. The Morgan fingerprint density at radius 1 is 1.41 bits per heavy atom. The van der Waals surface area contributed by atoms with E-state index in [0.29, 0.717) is 17.9 Å². The van der Waals surface area contributed by atoms with Gasteiger partial charge in [-0.1, -0.05) is 12.1 Å². The van der Waals surface area contributed by atoms with Gasteiger partial charge in [0.25, 0.3) is 0 Å². The number of rotatable bonds is 3. The van der Waals surface area contributed by atoms with Crippen molar-refractivity contribution in [2.75, 3.05) is 12.3 Å². The summed E-state index contributed by atoms with van der Waals surface area (Å²) in [5, 5.41) is 0. The molecule has 0 amide bonds. The Labute approximate surface area is 98.3 Å². The molecule has 0 aliphatic heterocycles. The Balaban J connectivity index is 2.45. The van der Waals surface area contributed by atoms with Crippen LogP contribution in [-0.4, -0.2) is 16.6 Å². The number of hydrogen-bond acceptors (Lipinski definition) is 4. The van der Waals surface area contributed by atoms with Gasteiger partial charge in [-0.05, 0) is 19.1 Å². The first-order valence-corrected chi connectivity index (χ1v) is 5.22. The van der Waals surface area contributed by atoms with Gasteiger partial charge in [0, 0.05) is 5.56 Å². The molecule has 17 heavy (non-hydrogen) atoms. The SMILES string of the molecule is CCOc1cccc(-c2nc(N)ncc2F)c1. The van der Waals surface area contributed by atoms with Crippen LogP contribution in [0.5, 0.6) is 5.75 Å². The lowest BCUT2D eigenvalue weighted by atomic mass is 10.1. The lowest BCUT2D eigenvalue weighted by molar-refractivity contribution is 0.340. The minimum absolute atomic E-state index is 0.0446. The van der Waals surface area contributed by atoms with Gasteiger partial charge in [0.05, 0.1) is 12.8 Å². The third kappa shape index (κ3) is 2.50. The van der Waals surface area contributed by atoms with Crippen LogP contribution in [0, 0.1) is 5.82 Å². The maximum absolute atomic E-state index is 13.6. The fourth-order valence-corrected chi connectivity index (χ4v) is 1.48. The largest absolute Gasteiger partial charge is 0.494 e. The predicted octanol–water partition coefficient (Wildman–Crippen LogP) is 2.26. The van der Waals surface area contributed by atoms with Crippen LogP contribution < -0.4 is 10.5 Å². The summed E-state index contributed by atoms with van der Waals surface area (Å²) < 4.78 is 18.9. The zero-order chi connectivity index (χ0) is 12.3. The predicted molar refractivity (Wildman–Crippen MR) is 63.0 cm³/mol. The van der Waals surface area contributed by atoms with Crippen molar-refractivity contribution in [3.63, 3.8) is 0 Å². The zero-order valence-electron chi connectivity index (χ0n) is 9.35. The van der Waals surface area contributed by atoms with Crippen molar-refractivity contribution in [1.29, 1.82) is 0 Å². The van der Waals surface area contributed by atoms with Gasteiger partial charge >= 0.3 is 0 Å². The molecule has 0 aliphatic rings. The number of aromatic nitrogens is 2. The van der Waals surface area contributed by atoms with Crippen LogP contribution >= 0.6 is 0 Å². The van der Waals surface area contributed by atoms with Crippen LogP contribution in [0.25, 0.3) is 11.3 Å². The van der Waals surface area contributed by atoms with Crippen molar-refractivity contribution >= 4 is 5.95 Å². The van der Waals surface area contributed by atoms with E-state index in [1.165, 1.54) is 0 Å². The zero-order valence-corrected chi connectivity index (χ0v) is 9.35. The lowest BCUT2D eigenvalue weighted by Crippen LogP contribution is -1.99. The number of ether oxygens (including phenoxy) is 1. The highest BCUT2D eigenvalue weighted by molar-refractivity contribution is 5.62. The molecule has 0 saturated heterocycles. The van der Waals surface area contributed by atoms with Crippen molar-refractivity contribution in [2.24, 2.45) is 0 Å². The van der Waals surface area contributed by atoms with Crippen molar-refractivity contribution in [1.82, 2.24) is 9.97 Å². The molecule has 88 valence electrons. The van der Waals surface area contributed by atoms with Crippen molar-refractivity contribution in [2.45, 2.75) is 6.92 Å². The molecule has 2 N–H and O–H groups in total. The highest BCUT2D eigenvalue weighted by Crippen LogP contribution is 2.24. The summed E-state index contributed by atoms with van der Waals surface area (Å²) in [5.41, 5.74) is 6.23. The maximum atomic E-state index is 13.6. The maximum Gasteiger partial charge on any atom is 0.220 e. The molecule has 0 fully saturated rings. The van der Waals surface area contributed by atoms with Gasteiger partial charge in [0.2, 0.25) is 5.95 Å². The fraction of sp³-hybridized carbons (Fsp3) is 0.167. The first kappa shape index (κ1) is 11.3. The summed E-state index contributed by atoms with van der Waals surface area (Å²) >= 11 is 0. The Morgan fingerprint density at radius 3 is 3.00 bits per heavy atom. The minimum Gasteiger partial charge on any atom is -0.494 e. The van der Waals surface area contributed by atoms with E-state index >= 15 is 0 Å². The van der Waals surface area contributed by atoms with Gasteiger partial charge in [0.1, 0.15) is 11.4 Å². The van der Waals surface area contributed by atoms with Gasteiger partial charge in [0.15, 0.2) is 5.82 Å². The second kappa shape index (κ2) is 4.78. The summed E-state index contributed by atoms with van der Waals surface area (Å²) in [6.07, 6.45) is 1.06. The van der Waals surface area contributed by atoms with E-state index in [1.54, 1.807) is 24.3 Å². The molecule has 1 heterocycles. The third-order valence-corrected chi connectivity index (χ3v) is 2.18. The molecule has 0 spiro atoms. The van der Waals surface area contributed by atoms with E-state index in [4.69, 9.17) is 10.5 Å². The van der Waals surface area contributed by atoms with E-state index in [0.717, 1.165) is 6.20 Å². The van der Waals surface area contributed by atoms with Gasteiger partial charge in [-0.2, -0.15) is 0 Å². The van der Waals surface area contributed by atoms with Crippen LogP contribution in [0.1, 0.15) is 6.92 Å². The molecule has 0 unspecified atom stereocenters. The first-order chi connectivity index (χ1) is 8.20. The second-order valence-electron chi connectivity index (χ2n) is 3.39. The normalized spacial score (nSPS) is 10.2. The first-order valence-electron chi connectivity index (χ1n) is 5.22. The monoisotopic (exact) mass is 233 g/mol. The molecule has 1 aromatic carbocycles. The summed E-state index contributed by atoms with van der Waals surface area (Å²) in [6, 6.07) is 7.04. The van der Waals surface area contributed by atoms with Gasteiger partial charge in [-0.15, -0.1) is 0 Å². The fourth-order valence-electron chi connectivity index (χ4n) is 1.48. The summed E-state index contributed by atoms with van der Waals surface area (Å²) in [4.78, 5) is 7.46. The van der Waals surface area contributed by atoms with Gasteiger partial charge in [-0.3, -0.25) is 0 Å². The van der Waals surface area contributed by atoms with Crippen molar-refractivity contribution in [3.8, 4) is 17.0 Å². The van der Waals surface area contributed by atoms with Gasteiger partial charge < -0.3 is 10.5 Å². The average Bonchev–Trinajstić information content (AvgIpc) is 2.33. The molecule has 5 heteroatoms. The minimum atomic E-state index is -0.507. The lowest BCUT2D eigenvalue weighted by Gasteiger charge is -2.06. The summed E-state index contributed by atoms with van der Waals surface area (Å²) in [5.74, 6) is 0.206. The van der Waals surface area contributed by atoms with E-state index < -0.39 is 5.82 Å². The van der Waals surface area contributed by atoms with Crippen LogP contribution in [0.2, 0.25) is 0 Å². The average molecular weight is 233 g/mol. The van der Waals surface area contributed by atoms with E-state index in [9.17, 15) is 4.39 Å². The smallest absolute Gasteiger partial charge is 0.220 e. The molecule has 2 rings (SSSR count). The molecule has 4 nitrogen and oxygen atoms in total. The van der Waals surface area contributed by atoms with E-state index in [1.807, 2.05) is 6.92 Å². The third-order valence-electron chi connectivity index (χ3n) is 2.18. The number of nitrogens with two attached hydrogens (primary N) is 1. The molecule has 0 atom stereocenters. The van der Waals surface area contributed by atoms with Crippen molar-refractivity contribution < 1.29 is 9.13 Å². The van der Waals surface area contributed by atoms with E-state index in [-0.39, 0.29) is 11.6 Å². The molecular formula is C12H12FN3O. The number of benzene rings is 1. The Bertz CT molecular complexity index is 531. The number of halogens is 1. The molecular weight excluding hydrogens is 221 g/mol. The molecule has 0 bridgehead atoms. The summed E-state index contributed by atoms with van der Waals surface area (Å²) in [6.45, 7) is 2.44. The van der Waals surface area contributed by atoms with Crippen molar-refractivity contribution in [3.05, 3.63) is 36.3 Å². The number of hydrogen-bond donors (Lipinski definition) is 1. The molecule has 0 radical (unpaired) electrons. The van der Waals surface area contributed by atoms with Crippen LogP contribution in [0.3, 0.4) is 0 Å². The number of nitrogen functional groups attached to an aromatic ring is 1. The van der Waals surface area contributed by atoms with Crippen LogP contribution in [-0.2, 0) is 0 Å². The highest BCUT2D eigenvalue weighted by atomic mass is 19.1. The standard InChI is InChI=1S/C12H12FN3O/c1-2-17-9-5-3-4-8(6-9)11-10(13)7-15-12(14)16-11/h3-7H,2H2,1H3,(H2,14,15,16). The van der Waals surface area contributed by atoms with E-state index in [2.05, 4.69) is 9.97 Å². The van der Waals surface area contributed by atoms with Crippen LogP contribution in [0.15, 0.2) is 30.5 Å².